The molecular weight excluding hydrogens is 284 g/mol. The number of nitrogens with zero attached hydrogens (tertiary/aromatic N) is 2. The molecule has 0 saturated carbocycles. The Morgan fingerprint density at radius 3 is 2.80 bits per heavy atom. The summed E-state index contributed by atoms with van der Waals surface area (Å²) in [5.74, 6) is -0.518. The smallest absolute Gasteiger partial charge is 0.408 e. The first kappa shape index (κ1) is 13.3. The van der Waals surface area contributed by atoms with Gasteiger partial charge in [-0.25, -0.2) is 13.2 Å². The molecule has 2 heterocycles. The van der Waals surface area contributed by atoms with E-state index in [0.717, 1.165) is 0 Å². The second-order valence-corrected chi connectivity index (χ2v) is 6.57. The van der Waals surface area contributed by atoms with E-state index in [1.165, 1.54) is 21.0 Å². The molecule has 1 saturated heterocycles. The van der Waals surface area contributed by atoms with Crippen molar-refractivity contribution >= 4 is 21.1 Å². The molecule has 7 nitrogen and oxygen atoms in total. The van der Waals surface area contributed by atoms with Crippen molar-refractivity contribution in [3.63, 3.8) is 0 Å². The molecular formula is C12H14N2O5S. The van der Waals surface area contributed by atoms with Crippen LogP contribution >= 0.6 is 0 Å². The summed E-state index contributed by atoms with van der Waals surface area (Å²) in [5.41, 5.74) is 0.820. The number of hydrogen-bond donors (Lipinski definition) is 0. The fourth-order valence-electron chi connectivity index (χ4n) is 2.19. The van der Waals surface area contributed by atoms with Crippen LogP contribution in [0.25, 0.3) is 11.1 Å². The van der Waals surface area contributed by atoms with Gasteiger partial charge in [0.15, 0.2) is 5.58 Å². The van der Waals surface area contributed by atoms with Crippen LogP contribution in [0, 0.1) is 0 Å². The zero-order valence-corrected chi connectivity index (χ0v) is 11.7. The largest absolute Gasteiger partial charge is 0.419 e. The molecule has 0 amide bonds. The Morgan fingerprint density at radius 1 is 1.30 bits per heavy atom. The zero-order valence-electron chi connectivity index (χ0n) is 10.9. The Kier molecular flexibility index (Phi) is 3.15. The van der Waals surface area contributed by atoms with Crippen LogP contribution in [0.3, 0.4) is 0 Å². The molecule has 0 bridgehead atoms. The molecule has 8 heteroatoms. The molecule has 1 fully saturated rings. The van der Waals surface area contributed by atoms with E-state index in [1.807, 2.05) is 0 Å². The van der Waals surface area contributed by atoms with E-state index in [2.05, 4.69) is 0 Å². The predicted molar refractivity (Wildman–Crippen MR) is 70.8 cm³/mol. The van der Waals surface area contributed by atoms with Gasteiger partial charge in [-0.15, -0.1) is 0 Å². The van der Waals surface area contributed by atoms with Crippen molar-refractivity contribution in [3.05, 3.63) is 28.7 Å². The average Bonchev–Trinajstić information content (AvgIpc) is 2.74. The van der Waals surface area contributed by atoms with Crippen LogP contribution in [0.15, 0.2) is 32.3 Å². The maximum absolute atomic E-state index is 12.4. The van der Waals surface area contributed by atoms with E-state index in [0.29, 0.717) is 25.1 Å². The summed E-state index contributed by atoms with van der Waals surface area (Å²) in [4.78, 5) is 11.5. The summed E-state index contributed by atoms with van der Waals surface area (Å²) in [6.45, 7) is 1.05. The summed E-state index contributed by atoms with van der Waals surface area (Å²) < 4.78 is 37.7. The number of ether oxygens (including phenoxy) is 1. The topological polar surface area (TPSA) is 81.8 Å². The molecule has 0 atom stereocenters. The highest BCUT2D eigenvalue weighted by molar-refractivity contribution is 7.89. The normalized spacial score (nSPS) is 17.6. The molecule has 0 N–H and O–H groups in total. The number of oxazole rings is 1. The fourth-order valence-corrected chi connectivity index (χ4v) is 3.56. The van der Waals surface area contributed by atoms with Gasteiger partial charge in [0.25, 0.3) is 0 Å². The third-order valence-electron chi connectivity index (χ3n) is 3.33. The van der Waals surface area contributed by atoms with Gasteiger partial charge in [-0.1, -0.05) is 0 Å². The average molecular weight is 298 g/mol. The summed E-state index contributed by atoms with van der Waals surface area (Å²) in [6.07, 6.45) is 0.669. The first-order valence-electron chi connectivity index (χ1n) is 6.17. The fraction of sp³-hybridized carbons (Fsp3) is 0.417. The second kappa shape index (κ2) is 4.72. The number of hydrogen-bond acceptors (Lipinski definition) is 5. The SMILES string of the molecule is Cn1c(=O)oc2cc(S(=O)(=O)N3CCCOC3)ccc21. The molecule has 20 heavy (non-hydrogen) atoms. The Balaban J connectivity index is 2.07. The molecule has 1 aliphatic rings. The Morgan fingerprint density at radius 2 is 2.10 bits per heavy atom. The number of aromatic nitrogens is 1. The van der Waals surface area contributed by atoms with Crippen LogP contribution in [0.4, 0.5) is 0 Å². The van der Waals surface area contributed by atoms with Gasteiger partial charge < -0.3 is 9.15 Å². The van der Waals surface area contributed by atoms with Crippen molar-refractivity contribution in [3.8, 4) is 0 Å². The molecule has 3 rings (SSSR count). The molecule has 1 aromatic carbocycles. The highest BCUT2D eigenvalue weighted by Gasteiger charge is 2.27. The molecule has 108 valence electrons. The third kappa shape index (κ3) is 2.05. The third-order valence-corrected chi connectivity index (χ3v) is 5.15. The van der Waals surface area contributed by atoms with Crippen LogP contribution < -0.4 is 5.76 Å². The van der Waals surface area contributed by atoms with E-state index in [9.17, 15) is 13.2 Å². The van der Waals surface area contributed by atoms with Gasteiger partial charge in [0.2, 0.25) is 10.0 Å². The molecule has 0 aliphatic carbocycles. The summed E-state index contributed by atoms with van der Waals surface area (Å²) >= 11 is 0. The first-order chi connectivity index (χ1) is 9.50. The van der Waals surface area contributed by atoms with Crippen molar-refractivity contribution in [2.24, 2.45) is 7.05 Å². The second-order valence-electron chi connectivity index (χ2n) is 4.63. The van der Waals surface area contributed by atoms with Crippen LogP contribution in [-0.4, -0.2) is 37.2 Å². The van der Waals surface area contributed by atoms with E-state index in [-0.39, 0.29) is 17.2 Å². The van der Waals surface area contributed by atoms with Crippen molar-refractivity contribution in [2.45, 2.75) is 11.3 Å². The number of aryl methyl sites for hydroxylation is 1. The van der Waals surface area contributed by atoms with Crippen molar-refractivity contribution in [2.75, 3.05) is 19.9 Å². The molecule has 0 spiro atoms. The Bertz CT molecular complexity index is 799. The maximum atomic E-state index is 12.4. The van der Waals surface area contributed by atoms with Gasteiger partial charge in [-0.3, -0.25) is 4.57 Å². The lowest BCUT2D eigenvalue weighted by Crippen LogP contribution is -2.38. The minimum Gasteiger partial charge on any atom is -0.408 e. The molecule has 0 unspecified atom stereocenters. The summed E-state index contributed by atoms with van der Waals surface area (Å²) in [5, 5.41) is 0. The summed E-state index contributed by atoms with van der Waals surface area (Å²) in [7, 11) is -2.05. The number of benzene rings is 1. The number of sulfonamides is 1. The van der Waals surface area contributed by atoms with Crippen LogP contribution in [0.1, 0.15) is 6.42 Å². The lowest BCUT2D eigenvalue weighted by molar-refractivity contribution is 0.0313. The standard InChI is InChI=1S/C12H14N2O5S/c1-13-10-4-3-9(7-11(10)19-12(13)15)20(16,17)14-5-2-6-18-8-14/h3-4,7H,2,5-6,8H2,1H3. The number of rotatable bonds is 2. The number of fused-ring (bicyclic) bond motifs is 1. The van der Waals surface area contributed by atoms with E-state index < -0.39 is 15.8 Å². The quantitative estimate of drug-likeness (QED) is 0.806. The van der Waals surface area contributed by atoms with E-state index in [1.54, 1.807) is 13.1 Å². The highest BCUT2D eigenvalue weighted by atomic mass is 32.2. The first-order valence-corrected chi connectivity index (χ1v) is 7.61. The molecule has 1 aliphatic heterocycles. The van der Waals surface area contributed by atoms with Crippen LogP contribution in [0.2, 0.25) is 0 Å². The lowest BCUT2D eigenvalue weighted by atomic mass is 10.3. The Labute approximate surface area is 115 Å². The van der Waals surface area contributed by atoms with E-state index >= 15 is 0 Å². The molecule has 1 aromatic heterocycles. The van der Waals surface area contributed by atoms with Crippen molar-refractivity contribution in [1.82, 2.24) is 8.87 Å². The lowest BCUT2D eigenvalue weighted by Gasteiger charge is -2.25. The van der Waals surface area contributed by atoms with Gasteiger partial charge in [-0.2, -0.15) is 4.31 Å². The van der Waals surface area contributed by atoms with Crippen molar-refractivity contribution in [1.29, 1.82) is 0 Å². The monoisotopic (exact) mass is 298 g/mol. The molecule has 2 aromatic rings. The van der Waals surface area contributed by atoms with Crippen molar-refractivity contribution < 1.29 is 17.6 Å². The minimum absolute atomic E-state index is 0.0547. The zero-order chi connectivity index (χ0) is 14.3. The Hall–Kier alpha value is -1.64. The van der Waals surface area contributed by atoms with Gasteiger partial charge in [-0.05, 0) is 18.6 Å². The van der Waals surface area contributed by atoms with Gasteiger partial charge in [0, 0.05) is 26.3 Å². The van der Waals surface area contributed by atoms with Crippen LogP contribution in [0.5, 0.6) is 0 Å². The summed E-state index contributed by atoms with van der Waals surface area (Å²) in [6, 6.07) is 4.42. The molecule has 0 radical (unpaired) electrons. The predicted octanol–water partition coefficient (Wildman–Crippen LogP) is 0.500. The maximum Gasteiger partial charge on any atom is 0.419 e. The van der Waals surface area contributed by atoms with Gasteiger partial charge in [0.05, 0.1) is 10.4 Å². The van der Waals surface area contributed by atoms with Crippen LogP contribution in [-0.2, 0) is 21.8 Å². The van der Waals surface area contributed by atoms with Gasteiger partial charge >= 0.3 is 5.76 Å². The van der Waals surface area contributed by atoms with E-state index in [4.69, 9.17) is 9.15 Å². The minimum atomic E-state index is -3.62. The van der Waals surface area contributed by atoms with Gasteiger partial charge in [0.1, 0.15) is 6.73 Å². The highest BCUT2D eigenvalue weighted by Crippen LogP contribution is 2.22.